The van der Waals surface area contributed by atoms with Crippen LogP contribution in [-0.2, 0) is 16.6 Å². The van der Waals surface area contributed by atoms with Gasteiger partial charge in [0.15, 0.2) is 5.13 Å². The maximum Gasteiger partial charge on any atom is 0.263 e. The van der Waals surface area contributed by atoms with Crippen LogP contribution in [-0.4, -0.2) is 13.4 Å². The summed E-state index contributed by atoms with van der Waals surface area (Å²) < 4.78 is 26.7. The second-order valence-electron chi connectivity index (χ2n) is 3.84. The molecule has 0 amide bonds. The monoisotopic (exact) mass is 317 g/mol. The second-order valence-corrected chi connectivity index (χ2v) is 7.16. The highest BCUT2D eigenvalue weighted by molar-refractivity contribution is 7.93. The molecule has 0 unspecified atom stereocenters. The first-order chi connectivity index (χ1) is 8.92. The van der Waals surface area contributed by atoms with Crippen molar-refractivity contribution >= 4 is 38.1 Å². The number of hydrogen-bond donors (Lipinski definition) is 2. The molecule has 1 aromatic heterocycles. The van der Waals surface area contributed by atoms with Gasteiger partial charge in [0, 0.05) is 22.6 Å². The number of sulfonamides is 1. The third-order valence-corrected chi connectivity index (χ3v) is 5.04. The topological polar surface area (TPSA) is 85.1 Å². The largest absolute Gasteiger partial charge is 0.326 e. The molecule has 0 fully saturated rings. The molecule has 3 N–H and O–H groups in total. The lowest BCUT2D eigenvalue weighted by molar-refractivity contribution is 0.601. The first-order valence-electron chi connectivity index (χ1n) is 5.36. The molecule has 0 bridgehead atoms. The molecule has 1 aromatic carbocycles. The van der Waals surface area contributed by atoms with Gasteiger partial charge in [-0.1, -0.05) is 17.7 Å². The number of hydrogen-bond acceptors (Lipinski definition) is 5. The van der Waals surface area contributed by atoms with E-state index in [2.05, 4.69) is 9.71 Å². The summed E-state index contributed by atoms with van der Waals surface area (Å²) in [6, 6.07) is 4.45. The van der Waals surface area contributed by atoms with Crippen molar-refractivity contribution in [3.05, 3.63) is 39.9 Å². The Morgan fingerprint density at radius 3 is 2.74 bits per heavy atom. The van der Waals surface area contributed by atoms with E-state index in [-0.39, 0.29) is 11.4 Å². The van der Waals surface area contributed by atoms with E-state index in [1.165, 1.54) is 23.5 Å². The van der Waals surface area contributed by atoms with Gasteiger partial charge in [0.05, 0.1) is 4.90 Å². The summed E-state index contributed by atoms with van der Waals surface area (Å²) in [5, 5.41) is 0.664. The van der Waals surface area contributed by atoms with Crippen molar-refractivity contribution < 1.29 is 8.42 Å². The minimum atomic E-state index is -3.67. The van der Waals surface area contributed by atoms with E-state index in [1.54, 1.807) is 12.3 Å². The number of benzene rings is 1. The summed E-state index contributed by atoms with van der Waals surface area (Å²) in [7, 11) is -3.67. The Morgan fingerprint density at radius 1 is 1.47 bits per heavy atom. The standard InChI is InChI=1S/C11H12ClN3O2S2/c1-7-6-14-11(18-7)15-19(16,17)9-3-2-8(5-13)10(12)4-9/h2-4,6H,5,13H2,1H3,(H,14,15). The van der Waals surface area contributed by atoms with Crippen molar-refractivity contribution in [3.8, 4) is 0 Å². The molecule has 2 aromatic rings. The lowest BCUT2D eigenvalue weighted by Crippen LogP contribution is -2.13. The van der Waals surface area contributed by atoms with Crippen LogP contribution in [0.1, 0.15) is 10.4 Å². The van der Waals surface area contributed by atoms with Crippen molar-refractivity contribution in [2.45, 2.75) is 18.4 Å². The molecule has 19 heavy (non-hydrogen) atoms. The highest BCUT2D eigenvalue weighted by atomic mass is 35.5. The maximum absolute atomic E-state index is 12.1. The van der Waals surface area contributed by atoms with Gasteiger partial charge in [-0.3, -0.25) is 4.72 Å². The average Bonchev–Trinajstić information content (AvgIpc) is 2.73. The molecule has 0 saturated carbocycles. The Kier molecular flexibility index (Phi) is 4.10. The van der Waals surface area contributed by atoms with E-state index in [1.807, 2.05) is 6.92 Å². The fourth-order valence-electron chi connectivity index (χ4n) is 1.44. The predicted octanol–water partition coefficient (Wildman–Crippen LogP) is 2.36. The van der Waals surface area contributed by atoms with Crippen LogP contribution in [0.4, 0.5) is 5.13 Å². The molecule has 0 radical (unpaired) electrons. The van der Waals surface area contributed by atoms with Gasteiger partial charge in [-0.25, -0.2) is 13.4 Å². The molecule has 2 rings (SSSR count). The third-order valence-electron chi connectivity index (χ3n) is 2.40. The van der Waals surface area contributed by atoms with Crippen LogP contribution in [0.5, 0.6) is 0 Å². The fourth-order valence-corrected chi connectivity index (χ4v) is 3.69. The Labute approximate surface area is 120 Å². The molecule has 102 valence electrons. The summed E-state index contributed by atoms with van der Waals surface area (Å²) in [4.78, 5) is 4.97. The molecule has 0 aliphatic heterocycles. The van der Waals surface area contributed by atoms with Crippen LogP contribution in [0.3, 0.4) is 0 Å². The zero-order valence-electron chi connectivity index (χ0n) is 10.1. The minimum Gasteiger partial charge on any atom is -0.326 e. The third kappa shape index (κ3) is 3.24. The molecule has 0 atom stereocenters. The number of nitrogens with one attached hydrogen (secondary N) is 1. The molecule has 5 nitrogen and oxygen atoms in total. The number of halogens is 1. The smallest absolute Gasteiger partial charge is 0.263 e. The number of aryl methyl sites for hydroxylation is 1. The van der Waals surface area contributed by atoms with Crippen molar-refractivity contribution in [1.82, 2.24) is 4.98 Å². The summed E-state index contributed by atoms with van der Waals surface area (Å²) >= 11 is 7.22. The predicted molar refractivity (Wildman–Crippen MR) is 77.0 cm³/mol. The fraction of sp³-hybridized carbons (Fsp3) is 0.182. The van der Waals surface area contributed by atoms with Crippen LogP contribution >= 0.6 is 22.9 Å². The summed E-state index contributed by atoms with van der Waals surface area (Å²) in [5.74, 6) is 0. The van der Waals surface area contributed by atoms with Crippen molar-refractivity contribution in [3.63, 3.8) is 0 Å². The Hall–Kier alpha value is -1.15. The molecule has 0 aliphatic rings. The van der Waals surface area contributed by atoms with E-state index in [9.17, 15) is 8.42 Å². The molecule has 1 heterocycles. The van der Waals surface area contributed by atoms with E-state index in [4.69, 9.17) is 17.3 Å². The normalized spacial score (nSPS) is 11.5. The van der Waals surface area contributed by atoms with Gasteiger partial charge in [-0.2, -0.15) is 0 Å². The van der Waals surface area contributed by atoms with Gasteiger partial charge in [-0.15, -0.1) is 11.3 Å². The van der Waals surface area contributed by atoms with Crippen LogP contribution in [0.15, 0.2) is 29.3 Å². The second kappa shape index (κ2) is 5.46. The first-order valence-corrected chi connectivity index (χ1v) is 8.04. The van der Waals surface area contributed by atoms with E-state index in [0.29, 0.717) is 15.7 Å². The van der Waals surface area contributed by atoms with Crippen LogP contribution in [0.2, 0.25) is 5.02 Å². The first kappa shape index (κ1) is 14.3. The maximum atomic E-state index is 12.1. The Bertz CT molecular complexity index is 698. The molecule has 0 aliphatic carbocycles. The molecular formula is C11H12ClN3O2S2. The lowest BCUT2D eigenvalue weighted by Gasteiger charge is -2.07. The summed E-state index contributed by atoms with van der Waals surface area (Å²) in [6.45, 7) is 2.11. The summed E-state index contributed by atoms with van der Waals surface area (Å²) in [5.41, 5.74) is 6.18. The van der Waals surface area contributed by atoms with Gasteiger partial charge in [0.1, 0.15) is 0 Å². The highest BCUT2D eigenvalue weighted by Crippen LogP contribution is 2.24. The number of thiazole rings is 1. The van der Waals surface area contributed by atoms with Gasteiger partial charge in [0.25, 0.3) is 10.0 Å². The van der Waals surface area contributed by atoms with Crippen molar-refractivity contribution in [2.24, 2.45) is 5.73 Å². The van der Waals surface area contributed by atoms with Crippen molar-refractivity contribution in [1.29, 1.82) is 0 Å². The number of rotatable bonds is 4. The van der Waals surface area contributed by atoms with Crippen LogP contribution in [0.25, 0.3) is 0 Å². The molecule has 0 saturated heterocycles. The van der Waals surface area contributed by atoms with E-state index in [0.717, 1.165) is 4.88 Å². The highest BCUT2D eigenvalue weighted by Gasteiger charge is 2.17. The average molecular weight is 318 g/mol. The number of nitrogens with zero attached hydrogens (tertiary/aromatic N) is 1. The zero-order chi connectivity index (χ0) is 14.0. The molecular weight excluding hydrogens is 306 g/mol. The Balaban J connectivity index is 2.31. The van der Waals surface area contributed by atoms with Crippen LogP contribution < -0.4 is 10.5 Å². The summed E-state index contributed by atoms with van der Waals surface area (Å²) in [6.07, 6.45) is 1.60. The van der Waals surface area contributed by atoms with Gasteiger partial charge >= 0.3 is 0 Å². The van der Waals surface area contributed by atoms with Gasteiger partial charge < -0.3 is 5.73 Å². The number of nitrogens with two attached hydrogens (primary N) is 1. The lowest BCUT2D eigenvalue weighted by atomic mass is 10.2. The SMILES string of the molecule is Cc1cnc(NS(=O)(=O)c2ccc(CN)c(Cl)c2)s1. The Morgan fingerprint density at radius 2 is 2.21 bits per heavy atom. The molecule has 8 heteroatoms. The van der Waals surface area contributed by atoms with E-state index >= 15 is 0 Å². The number of anilines is 1. The molecule has 0 spiro atoms. The van der Waals surface area contributed by atoms with Crippen molar-refractivity contribution in [2.75, 3.05) is 4.72 Å². The van der Waals surface area contributed by atoms with Gasteiger partial charge in [-0.05, 0) is 24.6 Å². The number of aromatic nitrogens is 1. The minimum absolute atomic E-state index is 0.0857. The zero-order valence-corrected chi connectivity index (χ0v) is 12.4. The van der Waals surface area contributed by atoms with Gasteiger partial charge in [0.2, 0.25) is 0 Å². The quantitative estimate of drug-likeness (QED) is 0.906. The van der Waals surface area contributed by atoms with Crippen LogP contribution in [0, 0.1) is 6.92 Å². The van der Waals surface area contributed by atoms with E-state index < -0.39 is 10.0 Å².